The molecule has 1 heterocycles. The molecule has 0 saturated carbocycles. The van der Waals surface area contributed by atoms with Crippen LogP contribution in [0.1, 0.15) is 26.3 Å². The van der Waals surface area contributed by atoms with Crippen molar-refractivity contribution in [2.45, 2.75) is 26.3 Å². The molecule has 0 aliphatic rings. The summed E-state index contributed by atoms with van der Waals surface area (Å²) < 4.78 is 1.65. The van der Waals surface area contributed by atoms with Crippen molar-refractivity contribution in [2.75, 3.05) is 0 Å². The van der Waals surface area contributed by atoms with Crippen molar-refractivity contribution in [1.82, 2.24) is 0 Å². The van der Waals surface area contributed by atoms with Gasteiger partial charge in [-0.05, 0) is 0 Å². The van der Waals surface area contributed by atoms with Crippen LogP contribution in [-0.2, 0) is 9.59 Å². The third-order valence-corrected chi connectivity index (χ3v) is 2.08. The van der Waals surface area contributed by atoms with Crippen molar-refractivity contribution in [1.29, 1.82) is 0 Å². The van der Waals surface area contributed by atoms with E-state index in [0.717, 1.165) is 0 Å². The minimum absolute atomic E-state index is 0.0475. The summed E-state index contributed by atoms with van der Waals surface area (Å²) in [6, 6.07) is 4.81. The quantitative estimate of drug-likeness (QED) is 0.529. The second-order valence-electron chi connectivity index (χ2n) is 3.16. The lowest BCUT2D eigenvalue weighted by Crippen LogP contribution is -2.46. The number of carbonyl (C=O) groups is 2. The third-order valence-electron chi connectivity index (χ3n) is 2.08. The highest BCUT2D eigenvalue weighted by molar-refractivity contribution is 6.01. The van der Waals surface area contributed by atoms with Crippen LogP contribution in [0.15, 0.2) is 30.6 Å². The Labute approximate surface area is 83.4 Å². The lowest BCUT2D eigenvalue weighted by Gasteiger charge is -2.05. The number of Topliss-reactive ketones (excluding diaryl/α,β-unsaturated/α-hetero) is 2. The molecule has 0 amide bonds. The van der Waals surface area contributed by atoms with Gasteiger partial charge in [-0.15, -0.1) is 0 Å². The van der Waals surface area contributed by atoms with Gasteiger partial charge in [-0.25, -0.2) is 0 Å². The Morgan fingerprint density at radius 2 is 1.79 bits per heavy atom. The summed E-state index contributed by atoms with van der Waals surface area (Å²) in [5.41, 5.74) is 0. The zero-order valence-electron chi connectivity index (χ0n) is 8.43. The van der Waals surface area contributed by atoms with Gasteiger partial charge in [-0.3, -0.25) is 9.59 Å². The van der Waals surface area contributed by atoms with Crippen LogP contribution in [0.5, 0.6) is 0 Å². The van der Waals surface area contributed by atoms with Gasteiger partial charge in [-0.1, -0.05) is 13.0 Å². The summed E-state index contributed by atoms with van der Waals surface area (Å²) in [4.78, 5) is 22.8. The molecule has 1 aromatic heterocycles. The molecule has 3 nitrogen and oxygen atoms in total. The Kier molecular flexibility index (Phi) is 3.51. The van der Waals surface area contributed by atoms with Crippen molar-refractivity contribution in [2.24, 2.45) is 0 Å². The fourth-order valence-corrected chi connectivity index (χ4v) is 1.38. The molecule has 74 valence electrons. The second-order valence-corrected chi connectivity index (χ2v) is 3.16. The van der Waals surface area contributed by atoms with E-state index in [1.165, 1.54) is 6.92 Å². The third kappa shape index (κ3) is 2.25. The molecular weight excluding hydrogens is 178 g/mol. The fraction of sp³-hybridized carbons (Fsp3) is 0.364. The van der Waals surface area contributed by atoms with E-state index in [1.54, 1.807) is 36.0 Å². The first-order valence-electron chi connectivity index (χ1n) is 4.65. The van der Waals surface area contributed by atoms with Gasteiger partial charge >= 0.3 is 0 Å². The second kappa shape index (κ2) is 4.65. The lowest BCUT2D eigenvalue weighted by molar-refractivity contribution is -0.695. The van der Waals surface area contributed by atoms with Gasteiger partial charge in [0, 0.05) is 25.5 Å². The molecular formula is C11H14NO2+. The van der Waals surface area contributed by atoms with Crippen LogP contribution in [0.4, 0.5) is 0 Å². The van der Waals surface area contributed by atoms with E-state index in [0.29, 0.717) is 6.42 Å². The lowest BCUT2D eigenvalue weighted by atomic mass is 10.1. The van der Waals surface area contributed by atoms with E-state index in [4.69, 9.17) is 0 Å². The van der Waals surface area contributed by atoms with Crippen LogP contribution in [0, 0.1) is 0 Å². The summed E-state index contributed by atoms with van der Waals surface area (Å²) in [5.74, 6) is -0.165. The van der Waals surface area contributed by atoms with Crippen LogP contribution in [0.25, 0.3) is 0 Å². The number of hydrogen-bond donors (Lipinski definition) is 0. The maximum absolute atomic E-state index is 11.5. The van der Waals surface area contributed by atoms with Crippen LogP contribution < -0.4 is 4.57 Å². The maximum Gasteiger partial charge on any atom is 0.273 e. The van der Waals surface area contributed by atoms with E-state index in [1.807, 2.05) is 6.07 Å². The SMILES string of the molecule is CCC(=O)C(C(C)=O)[n+]1ccccc1. The standard InChI is InChI=1S/C11H14NO2/c1-3-10(14)11(9(2)13)12-7-5-4-6-8-12/h4-8,11H,3H2,1-2H3/q+1. The Morgan fingerprint density at radius 3 is 2.21 bits per heavy atom. The average Bonchev–Trinajstić information content (AvgIpc) is 2.19. The van der Waals surface area contributed by atoms with Crippen molar-refractivity contribution in [3.8, 4) is 0 Å². The topological polar surface area (TPSA) is 38.0 Å². The zero-order valence-corrected chi connectivity index (χ0v) is 8.43. The molecule has 0 saturated heterocycles. The van der Waals surface area contributed by atoms with E-state index >= 15 is 0 Å². The Balaban J connectivity index is 3.01. The molecule has 1 aromatic rings. The highest BCUT2D eigenvalue weighted by Gasteiger charge is 2.30. The predicted molar refractivity (Wildman–Crippen MR) is 51.7 cm³/mol. The fourth-order valence-electron chi connectivity index (χ4n) is 1.38. The van der Waals surface area contributed by atoms with E-state index in [-0.39, 0.29) is 11.6 Å². The van der Waals surface area contributed by atoms with E-state index < -0.39 is 6.04 Å². The monoisotopic (exact) mass is 192 g/mol. The highest BCUT2D eigenvalue weighted by atomic mass is 16.2. The first kappa shape index (κ1) is 10.6. The minimum atomic E-state index is -0.652. The highest BCUT2D eigenvalue weighted by Crippen LogP contribution is 2.02. The van der Waals surface area contributed by atoms with Crippen LogP contribution in [0.2, 0.25) is 0 Å². The molecule has 0 spiro atoms. The summed E-state index contributed by atoms with van der Waals surface area (Å²) in [5, 5.41) is 0. The number of ketones is 2. The molecule has 3 heteroatoms. The van der Waals surface area contributed by atoms with E-state index in [9.17, 15) is 9.59 Å². The number of carbonyl (C=O) groups excluding carboxylic acids is 2. The maximum atomic E-state index is 11.5. The molecule has 0 radical (unpaired) electrons. The first-order valence-corrected chi connectivity index (χ1v) is 4.65. The van der Waals surface area contributed by atoms with Gasteiger partial charge in [0.2, 0.25) is 11.6 Å². The summed E-state index contributed by atoms with van der Waals surface area (Å²) in [6.07, 6.45) is 3.85. The molecule has 1 rings (SSSR count). The number of nitrogens with zero attached hydrogens (tertiary/aromatic N) is 1. The van der Waals surface area contributed by atoms with Gasteiger partial charge in [-0.2, -0.15) is 4.57 Å². The van der Waals surface area contributed by atoms with Crippen molar-refractivity contribution < 1.29 is 14.2 Å². The zero-order chi connectivity index (χ0) is 10.6. The normalized spacial score (nSPS) is 12.1. The van der Waals surface area contributed by atoms with E-state index in [2.05, 4.69) is 0 Å². The average molecular weight is 192 g/mol. The molecule has 0 bridgehead atoms. The van der Waals surface area contributed by atoms with Gasteiger partial charge in [0.15, 0.2) is 12.4 Å². The van der Waals surface area contributed by atoms with Crippen molar-refractivity contribution in [3.05, 3.63) is 30.6 Å². The molecule has 0 fully saturated rings. The molecule has 0 N–H and O–H groups in total. The molecule has 0 aliphatic carbocycles. The Morgan fingerprint density at radius 1 is 1.21 bits per heavy atom. The molecule has 0 aromatic carbocycles. The predicted octanol–water partition coefficient (Wildman–Crippen LogP) is 1.08. The van der Waals surface area contributed by atoms with Gasteiger partial charge in [0.05, 0.1) is 0 Å². The Hall–Kier alpha value is -1.51. The van der Waals surface area contributed by atoms with Crippen LogP contribution in [-0.4, -0.2) is 11.6 Å². The molecule has 0 aliphatic heterocycles. The minimum Gasteiger partial charge on any atom is -0.292 e. The van der Waals surface area contributed by atoms with Crippen LogP contribution in [0.3, 0.4) is 0 Å². The summed E-state index contributed by atoms with van der Waals surface area (Å²) >= 11 is 0. The van der Waals surface area contributed by atoms with Crippen molar-refractivity contribution in [3.63, 3.8) is 0 Å². The number of hydrogen-bond acceptors (Lipinski definition) is 2. The van der Waals surface area contributed by atoms with Crippen LogP contribution >= 0.6 is 0 Å². The first-order chi connectivity index (χ1) is 6.66. The smallest absolute Gasteiger partial charge is 0.273 e. The number of aromatic nitrogens is 1. The van der Waals surface area contributed by atoms with Crippen molar-refractivity contribution >= 4 is 11.6 Å². The summed E-state index contributed by atoms with van der Waals surface area (Å²) in [6.45, 7) is 3.21. The van der Waals surface area contributed by atoms with Gasteiger partial charge < -0.3 is 0 Å². The molecule has 1 atom stereocenters. The molecule has 14 heavy (non-hydrogen) atoms. The van der Waals surface area contributed by atoms with Gasteiger partial charge in [0.25, 0.3) is 6.04 Å². The number of rotatable bonds is 4. The van der Waals surface area contributed by atoms with Gasteiger partial charge in [0.1, 0.15) is 0 Å². The Bertz CT molecular complexity index is 332. The number of pyridine rings is 1. The summed E-state index contributed by atoms with van der Waals surface area (Å²) in [7, 11) is 0. The molecule has 1 unspecified atom stereocenters. The largest absolute Gasteiger partial charge is 0.292 e.